The lowest BCUT2D eigenvalue weighted by Crippen LogP contribution is -2.35. The number of nitrogens with zero attached hydrogens (tertiary/aromatic N) is 4. The van der Waals surface area contributed by atoms with Crippen LogP contribution in [-0.2, 0) is 29.8 Å². The molecule has 0 fully saturated rings. The Hall–Kier alpha value is -4.19. The summed E-state index contributed by atoms with van der Waals surface area (Å²) in [6, 6.07) is 14.3. The predicted molar refractivity (Wildman–Crippen MR) is 156 cm³/mol. The summed E-state index contributed by atoms with van der Waals surface area (Å²) < 4.78 is 59.0. The monoisotopic (exact) mass is 614 g/mol. The molecule has 1 amide bonds. The normalized spacial score (nSPS) is 11.4. The number of halogens is 4. The van der Waals surface area contributed by atoms with E-state index < -0.39 is 17.3 Å². The summed E-state index contributed by atoms with van der Waals surface area (Å²) in [5.74, 6) is -0.127. The lowest BCUT2D eigenvalue weighted by molar-refractivity contribution is -0.137. The summed E-state index contributed by atoms with van der Waals surface area (Å²) >= 11 is 1.25. The van der Waals surface area contributed by atoms with Crippen LogP contribution in [0, 0.1) is 5.82 Å². The largest absolute Gasteiger partial charge is 0.487 e. The summed E-state index contributed by atoms with van der Waals surface area (Å²) in [5, 5.41) is 0.324. The van der Waals surface area contributed by atoms with Gasteiger partial charge in [0.1, 0.15) is 12.4 Å². The zero-order valence-corrected chi connectivity index (χ0v) is 24.4. The van der Waals surface area contributed by atoms with Gasteiger partial charge >= 0.3 is 11.7 Å². The van der Waals surface area contributed by atoms with Crippen LogP contribution in [0.25, 0.3) is 11.3 Å². The molecule has 2 aromatic carbocycles. The van der Waals surface area contributed by atoms with Gasteiger partial charge in [0.15, 0.2) is 5.16 Å². The number of amides is 1. The Morgan fingerprint density at radius 3 is 2.30 bits per heavy atom. The van der Waals surface area contributed by atoms with Crippen molar-refractivity contribution in [1.82, 2.24) is 19.4 Å². The Kier molecular flexibility index (Phi) is 10.6. The number of hydrogen-bond acceptors (Lipinski definition) is 6. The molecule has 4 rings (SSSR count). The number of ether oxygens (including phenoxy) is 1. The van der Waals surface area contributed by atoms with E-state index in [2.05, 4.69) is 9.97 Å². The van der Waals surface area contributed by atoms with Crippen LogP contribution in [-0.4, -0.2) is 38.5 Å². The number of aromatic nitrogens is 3. The molecule has 226 valence electrons. The maximum absolute atomic E-state index is 13.5. The van der Waals surface area contributed by atoms with E-state index in [0.717, 1.165) is 23.3 Å². The van der Waals surface area contributed by atoms with Gasteiger partial charge in [0.25, 0.3) is 0 Å². The first-order valence-electron chi connectivity index (χ1n) is 13.6. The molecular formula is C31H30F4N4O3S. The Morgan fingerprint density at radius 1 is 1.00 bits per heavy atom. The van der Waals surface area contributed by atoms with Gasteiger partial charge in [-0.3, -0.25) is 14.6 Å². The molecule has 0 unspecified atom stereocenters. The third-order valence-electron chi connectivity index (χ3n) is 6.37. The van der Waals surface area contributed by atoms with Crippen molar-refractivity contribution in [2.75, 3.05) is 13.2 Å². The Morgan fingerprint density at radius 2 is 1.70 bits per heavy atom. The van der Waals surface area contributed by atoms with Crippen LogP contribution >= 0.6 is 11.8 Å². The first-order valence-corrected chi connectivity index (χ1v) is 14.6. The molecule has 0 bridgehead atoms. The Labute approximate surface area is 250 Å². The van der Waals surface area contributed by atoms with Gasteiger partial charge in [-0.1, -0.05) is 49.0 Å². The lowest BCUT2D eigenvalue weighted by atomic mass is 10.1. The summed E-state index contributed by atoms with van der Waals surface area (Å²) in [6.45, 7) is 4.57. The summed E-state index contributed by atoms with van der Waals surface area (Å²) in [4.78, 5) is 36.3. The lowest BCUT2D eigenvalue weighted by Gasteiger charge is -2.24. The number of benzene rings is 2. The molecule has 7 nitrogen and oxygen atoms in total. The van der Waals surface area contributed by atoms with Crippen molar-refractivity contribution in [3.05, 3.63) is 106 Å². The Bertz CT molecular complexity index is 1580. The van der Waals surface area contributed by atoms with Crippen molar-refractivity contribution in [1.29, 1.82) is 0 Å². The molecule has 0 aliphatic heterocycles. The standard InChI is InChI=1S/C31H30F4N4O3S/c1-3-15-38(17-22-7-14-26(36-16-22)23-8-10-24(11-9-23)31(33,34)35)28(40)19-39-18-27(42-4-2)29(41)37-30(39)43-20-21-5-12-25(32)13-6-21/h5-14,16,18H,3-4,15,17,19-20H2,1-2H3. The van der Waals surface area contributed by atoms with Crippen molar-refractivity contribution in [3.63, 3.8) is 0 Å². The second-order valence-electron chi connectivity index (χ2n) is 9.61. The first-order chi connectivity index (χ1) is 20.6. The molecule has 0 aliphatic carbocycles. The second-order valence-corrected chi connectivity index (χ2v) is 10.6. The van der Waals surface area contributed by atoms with E-state index in [4.69, 9.17) is 4.74 Å². The van der Waals surface area contributed by atoms with Crippen molar-refractivity contribution >= 4 is 17.7 Å². The van der Waals surface area contributed by atoms with Gasteiger partial charge in [0.05, 0.1) is 24.1 Å². The zero-order valence-electron chi connectivity index (χ0n) is 23.6. The fourth-order valence-electron chi connectivity index (χ4n) is 4.22. The predicted octanol–water partition coefficient (Wildman–Crippen LogP) is 6.59. The molecule has 43 heavy (non-hydrogen) atoms. The number of carbonyl (C=O) groups excluding carboxylic acids is 1. The summed E-state index contributed by atoms with van der Waals surface area (Å²) in [5.41, 5.74) is 1.35. The number of rotatable bonds is 12. The highest BCUT2D eigenvalue weighted by molar-refractivity contribution is 7.98. The van der Waals surface area contributed by atoms with Gasteiger partial charge in [-0.2, -0.15) is 18.2 Å². The van der Waals surface area contributed by atoms with Crippen LogP contribution < -0.4 is 10.3 Å². The Balaban J connectivity index is 1.50. The highest BCUT2D eigenvalue weighted by atomic mass is 32.2. The third-order valence-corrected chi connectivity index (χ3v) is 7.43. The van der Waals surface area contributed by atoms with Gasteiger partial charge in [0.2, 0.25) is 11.7 Å². The molecule has 4 aromatic rings. The van der Waals surface area contributed by atoms with Gasteiger partial charge in [-0.05, 0) is 54.8 Å². The maximum atomic E-state index is 13.5. The average molecular weight is 615 g/mol. The molecule has 0 radical (unpaired) electrons. The molecule has 0 saturated carbocycles. The molecular weight excluding hydrogens is 584 g/mol. The van der Waals surface area contributed by atoms with Crippen molar-refractivity contribution in [3.8, 4) is 17.0 Å². The van der Waals surface area contributed by atoms with Crippen LogP contribution in [0.3, 0.4) is 0 Å². The number of pyridine rings is 1. The van der Waals surface area contributed by atoms with Gasteiger partial charge in [0, 0.05) is 30.6 Å². The average Bonchev–Trinajstić information content (AvgIpc) is 2.98. The summed E-state index contributed by atoms with van der Waals surface area (Å²) in [7, 11) is 0. The quantitative estimate of drug-likeness (QED) is 0.102. The van der Waals surface area contributed by atoms with Crippen LogP contribution in [0.4, 0.5) is 17.6 Å². The zero-order chi connectivity index (χ0) is 31.0. The minimum Gasteiger partial charge on any atom is -0.487 e. The summed E-state index contributed by atoms with van der Waals surface area (Å²) in [6.07, 6.45) is -0.639. The molecule has 0 N–H and O–H groups in total. The van der Waals surface area contributed by atoms with E-state index in [1.54, 1.807) is 46.9 Å². The van der Waals surface area contributed by atoms with Crippen molar-refractivity contribution in [2.24, 2.45) is 0 Å². The smallest absolute Gasteiger partial charge is 0.416 e. The molecule has 2 heterocycles. The second kappa shape index (κ2) is 14.3. The maximum Gasteiger partial charge on any atom is 0.416 e. The van der Waals surface area contributed by atoms with E-state index in [9.17, 15) is 27.2 Å². The van der Waals surface area contributed by atoms with Crippen LogP contribution in [0.5, 0.6) is 5.75 Å². The van der Waals surface area contributed by atoms with E-state index in [1.807, 2.05) is 6.92 Å². The van der Waals surface area contributed by atoms with Crippen molar-refractivity contribution in [2.45, 2.75) is 50.4 Å². The van der Waals surface area contributed by atoms with E-state index in [-0.39, 0.29) is 37.2 Å². The van der Waals surface area contributed by atoms with E-state index in [1.165, 1.54) is 42.2 Å². The number of thioether (sulfide) groups is 1. The molecule has 0 atom stereocenters. The number of hydrogen-bond donors (Lipinski definition) is 0. The minimum absolute atomic E-state index is 0.0338. The third kappa shape index (κ3) is 8.66. The van der Waals surface area contributed by atoms with E-state index in [0.29, 0.717) is 35.1 Å². The van der Waals surface area contributed by atoms with Crippen LogP contribution in [0.2, 0.25) is 0 Å². The number of carbonyl (C=O) groups is 1. The molecule has 0 aliphatic rings. The van der Waals surface area contributed by atoms with Gasteiger partial charge in [-0.25, -0.2) is 4.39 Å². The molecule has 2 aromatic heterocycles. The molecule has 0 saturated heterocycles. The SMILES string of the molecule is CCCN(Cc1ccc(-c2ccc(C(F)(F)F)cc2)nc1)C(=O)Cn1cc(OCC)c(=O)nc1SCc1ccc(F)cc1. The number of alkyl halides is 3. The van der Waals surface area contributed by atoms with Crippen LogP contribution in [0.15, 0.2) is 83.0 Å². The first kappa shape index (κ1) is 31.7. The van der Waals surface area contributed by atoms with E-state index >= 15 is 0 Å². The highest BCUT2D eigenvalue weighted by Crippen LogP contribution is 2.30. The highest BCUT2D eigenvalue weighted by Gasteiger charge is 2.30. The van der Waals surface area contributed by atoms with Crippen molar-refractivity contribution < 1.29 is 27.1 Å². The molecule has 0 spiro atoms. The molecule has 12 heteroatoms. The van der Waals surface area contributed by atoms with Gasteiger partial charge in [-0.15, -0.1) is 0 Å². The van der Waals surface area contributed by atoms with Gasteiger partial charge < -0.3 is 14.2 Å². The topological polar surface area (TPSA) is 77.3 Å². The fourth-order valence-corrected chi connectivity index (χ4v) is 5.14. The fraction of sp³-hybridized carbons (Fsp3) is 0.290. The van der Waals surface area contributed by atoms with Crippen LogP contribution in [0.1, 0.15) is 37.0 Å². The minimum atomic E-state index is -4.41.